The van der Waals surface area contributed by atoms with E-state index in [1.807, 2.05) is 17.0 Å². The molecule has 5 nitrogen and oxygen atoms in total. The highest BCUT2D eigenvalue weighted by Gasteiger charge is 2.31. The van der Waals surface area contributed by atoms with Crippen LogP contribution < -0.4 is 14.4 Å². The normalized spacial score (nSPS) is 11.6. The summed E-state index contributed by atoms with van der Waals surface area (Å²) in [7, 11) is 1.35. The van der Waals surface area contributed by atoms with Gasteiger partial charge in [0.25, 0.3) is 0 Å². The van der Waals surface area contributed by atoms with Crippen LogP contribution in [0, 0.1) is 0 Å². The SMILES string of the molecule is COC(=O)CN(Cc1ccc(C(C)(C)C)cc1)c1ccc(Oc2ccc(OC(F)(F)F)cc2)cc1. The lowest BCUT2D eigenvalue weighted by Gasteiger charge is -2.25. The average molecular weight is 488 g/mol. The van der Waals surface area contributed by atoms with E-state index in [4.69, 9.17) is 9.47 Å². The molecule has 0 bridgehead atoms. The summed E-state index contributed by atoms with van der Waals surface area (Å²) in [5.74, 6) is 0.162. The van der Waals surface area contributed by atoms with Crippen LogP contribution in [0.4, 0.5) is 18.9 Å². The molecule has 3 aromatic carbocycles. The van der Waals surface area contributed by atoms with Gasteiger partial charge in [0.2, 0.25) is 0 Å². The molecule has 186 valence electrons. The number of alkyl halides is 3. The van der Waals surface area contributed by atoms with Crippen LogP contribution in [-0.4, -0.2) is 26.0 Å². The first-order valence-corrected chi connectivity index (χ1v) is 11.0. The van der Waals surface area contributed by atoms with Gasteiger partial charge in [0.1, 0.15) is 23.8 Å². The lowest BCUT2D eigenvalue weighted by molar-refractivity contribution is -0.274. The van der Waals surface area contributed by atoms with Crippen molar-refractivity contribution >= 4 is 11.7 Å². The third kappa shape index (κ3) is 7.95. The van der Waals surface area contributed by atoms with E-state index >= 15 is 0 Å². The first-order valence-electron chi connectivity index (χ1n) is 11.0. The molecule has 3 rings (SSSR count). The quantitative estimate of drug-likeness (QED) is 0.325. The van der Waals surface area contributed by atoms with E-state index in [9.17, 15) is 18.0 Å². The van der Waals surface area contributed by atoms with Crippen LogP contribution in [0.25, 0.3) is 0 Å². The van der Waals surface area contributed by atoms with E-state index < -0.39 is 6.36 Å². The van der Waals surface area contributed by atoms with Gasteiger partial charge in [-0.15, -0.1) is 13.2 Å². The standard InChI is InChI=1S/C27H28F3NO4/c1-26(2,3)20-7-5-19(6-8-20)17-31(18-25(32)33-4)21-9-11-22(12-10-21)34-23-13-15-24(16-14-23)35-27(28,29)30/h5-16H,17-18H2,1-4H3. The van der Waals surface area contributed by atoms with Gasteiger partial charge in [0.05, 0.1) is 7.11 Å². The van der Waals surface area contributed by atoms with E-state index in [1.165, 1.54) is 36.9 Å². The Kier molecular flexibility index (Phi) is 7.94. The van der Waals surface area contributed by atoms with Crippen LogP contribution in [0.3, 0.4) is 0 Å². The Hall–Kier alpha value is -3.68. The van der Waals surface area contributed by atoms with Crippen molar-refractivity contribution in [3.05, 3.63) is 83.9 Å². The molecular formula is C27H28F3NO4. The van der Waals surface area contributed by atoms with Crippen molar-refractivity contribution in [1.29, 1.82) is 0 Å². The Labute approximate surface area is 203 Å². The first-order chi connectivity index (χ1) is 16.4. The summed E-state index contributed by atoms with van der Waals surface area (Å²) >= 11 is 0. The third-order valence-corrected chi connectivity index (χ3v) is 5.24. The maximum absolute atomic E-state index is 12.3. The lowest BCUT2D eigenvalue weighted by atomic mass is 9.87. The van der Waals surface area contributed by atoms with Crippen LogP contribution in [-0.2, 0) is 21.5 Å². The summed E-state index contributed by atoms with van der Waals surface area (Å²) in [6, 6.07) is 20.5. The zero-order valence-electron chi connectivity index (χ0n) is 20.1. The number of rotatable bonds is 8. The maximum atomic E-state index is 12.3. The van der Waals surface area contributed by atoms with Crippen molar-refractivity contribution in [3.8, 4) is 17.2 Å². The molecule has 0 unspecified atom stereocenters. The number of carbonyl (C=O) groups excluding carboxylic acids is 1. The monoisotopic (exact) mass is 487 g/mol. The molecule has 0 saturated carbocycles. The second-order valence-electron chi connectivity index (χ2n) is 8.99. The first kappa shape index (κ1) is 25.9. The zero-order chi connectivity index (χ0) is 25.6. The van der Waals surface area contributed by atoms with Crippen LogP contribution in [0.15, 0.2) is 72.8 Å². The summed E-state index contributed by atoms with van der Waals surface area (Å²) in [5.41, 5.74) is 3.10. The Morgan fingerprint density at radius 2 is 1.31 bits per heavy atom. The van der Waals surface area contributed by atoms with E-state index in [1.54, 1.807) is 12.1 Å². The highest BCUT2D eigenvalue weighted by Crippen LogP contribution is 2.29. The highest BCUT2D eigenvalue weighted by atomic mass is 19.4. The Bertz CT molecular complexity index is 1100. The smallest absolute Gasteiger partial charge is 0.468 e. The van der Waals surface area contributed by atoms with E-state index in [2.05, 4.69) is 49.8 Å². The molecular weight excluding hydrogens is 459 g/mol. The molecule has 0 aliphatic heterocycles. The summed E-state index contributed by atoms with van der Waals surface area (Å²) in [4.78, 5) is 13.9. The van der Waals surface area contributed by atoms with Crippen LogP contribution in [0.5, 0.6) is 17.2 Å². The predicted octanol–water partition coefficient (Wildman–Crippen LogP) is 6.85. The molecule has 0 radical (unpaired) electrons. The van der Waals surface area contributed by atoms with Crippen molar-refractivity contribution in [2.75, 3.05) is 18.6 Å². The van der Waals surface area contributed by atoms with Crippen LogP contribution in [0.2, 0.25) is 0 Å². The van der Waals surface area contributed by atoms with Gasteiger partial charge in [0, 0.05) is 12.2 Å². The number of hydrogen-bond donors (Lipinski definition) is 0. The topological polar surface area (TPSA) is 48.0 Å². The molecule has 8 heteroatoms. The minimum Gasteiger partial charge on any atom is -0.468 e. The van der Waals surface area contributed by atoms with E-state index in [0.29, 0.717) is 18.0 Å². The summed E-state index contributed by atoms with van der Waals surface area (Å²) in [6.45, 7) is 7.03. The van der Waals surface area contributed by atoms with Crippen molar-refractivity contribution < 1.29 is 32.2 Å². The van der Waals surface area contributed by atoms with Crippen LogP contribution >= 0.6 is 0 Å². The Morgan fingerprint density at radius 3 is 1.80 bits per heavy atom. The van der Waals surface area contributed by atoms with Gasteiger partial charge in [-0.25, -0.2) is 0 Å². The zero-order valence-corrected chi connectivity index (χ0v) is 20.1. The van der Waals surface area contributed by atoms with Crippen molar-refractivity contribution in [2.45, 2.75) is 39.1 Å². The molecule has 3 aromatic rings. The molecule has 0 aliphatic rings. The average Bonchev–Trinajstić information content (AvgIpc) is 2.79. The molecule has 0 heterocycles. The molecule has 0 atom stereocenters. The van der Waals surface area contributed by atoms with Crippen molar-refractivity contribution in [2.24, 2.45) is 0 Å². The largest absolute Gasteiger partial charge is 0.573 e. The van der Waals surface area contributed by atoms with Gasteiger partial charge in [-0.05, 0) is 65.1 Å². The third-order valence-electron chi connectivity index (χ3n) is 5.24. The van der Waals surface area contributed by atoms with E-state index in [-0.39, 0.29) is 23.7 Å². The van der Waals surface area contributed by atoms with Gasteiger partial charge in [-0.3, -0.25) is 4.79 Å². The molecule has 0 fully saturated rings. The predicted molar refractivity (Wildman–Crippen MR) is 128 cm³/mol. The summed E-state index contributed by atoms with van der Waals surface area (Å²) in [5, 5.41) is 0. The fourth-order valence-electron chi connectivity index (χ4n) is 3.36. The Morgan fingerprint density at radius 1 is 0.800 bits per heavy atom. The minimum atomic E-state index is -4.75. The van der Waals surface area contributed by atoms with Gasteiger partial charge >= 0.3 is 12.3 Å². The minimum absolute atomic E-state index is 0.0474. The molecule has 0 N–H and O–H groups in total. The number of halogens is 3. The molecule has 0 spiro atoms. The van der Waals surface area contributed by atoms with Gasteiger partial charge in [-0.2, -0.15) is 0 Å². The van der Waals surface area contributed by atoms with Crippen molar-refractivity contribution in [3.63, 3.8) is 0 Å². The highest BCUT2D eigenvalue weighted by molar-refractivity contribution is 5.75. The molecule has 35 heavy (non-hydrogen) atoms. The summed E-state index contributed by atoms with van der Waals surface area (Å²) < 4.78 is 51.4. The molecule has 0 saturated heterocycles. The van der Waals surface area contributed by atoms with Gasteiger partial charge in [-0.1, -0.05) is 45.0 Å². The number of esters is 1. The number of carbonyl (C=O) groups is 1. The second kappa shape index (κ2) is 10.7. The van der Waals surface area contributed by atoms with E-state index in [0.717, 1.165) is 11.3 Å². The summed E-state index contributed by atoms with van der Waals surface area (Å²) in [6.07, 6.45) is -4.75. The number of methoxy groups -OCH3 is 1. The van der Waals surface area contributed by atoms with Crippen molar-refractivity contribution in [1.82, 2.24) is 0 Å². The maximum Gasteiger partial charge on any atom is 0.573 e. The van der Waals surface area contributed by atoms with Gasteiger partial charge in [0.15, 0.2) is 0 Å². The Balaban J connectivity index is 1.72. The number of nitrogens with zero attached hydrogens (tertiary/aromatic N) is 1. The number of anilines is 1. The fourth-order valence-corrected chi connectivity index (χ4v) is 3.36. The fraction of sp³-hybridized carbons (Fsp3) is 0.296. The van der Waals surface area contributed by atoms with Gasteiger partial charge < -0.3 is 19.1 Å². The second-order valence-corrected chi connectivity index (χ2v) is 8.99. The number of ether oxygens (including phenoxy) is 3. The molecule has 0 aromatic heterocycles. The lowest BCUT2D eigenvalue weighted by Crippen LogP contribution is -2.30. The van der Waals surface area contributed by atoms with Crippen LogP contribution in [0.1, 0.15) is 31.9 Å². The molecule has 0 amide bonds. The number of hydrogen-bond acceptors (Lipinski definition) is 5. The number of benzene rings is 3. The molecule has 0 aliphatic carbocycles.